The first kappa shape index (κ1) is 16.5. The second-order valence-electron chi connectivity index (χ2n) is 5.14. The van der Waals surface area contributed by atoms with Gasteiger partial charge in [-0.1, -0.05) is 29.8 Å². The van der Waals surface area contributed by atoms with E-state index < -0.39 is 9.84 Å². The molecule has 1 N–H and O–H groups in total. The third-order valence-electron chi connectivity index (χ3n) is 3.31. The molecule has 0 fully saturated rings. The third kappa shape index (κ3) is 3.48. The average molecular weight is 338 g/mol. The van der Waals surface area contributed by atoms with E-state index >= 15 is 0 Å². The first-order valence-corrected chi connectivity index (χ1v) is 8.84. The lowest BCUT2D eigenvalue weighted by atomic mass is 10.1. The van der Waals surface area contributed by atoms with Gasteiger partial charge in [0.25, 0.3) is 5.91 Å². The predicted octanol–water partition coefficient (Wildman–Crippen LogP) is 3.61. The molecule has 0 saturated heterocycles. The zero-order chi connectivity index (χ0) is 16.5. The van der Waals surface area contributed by atoms with E-state index in [1.54, 1.807) is 0 Å². The molecule has 0 unspecified atom stereocenters. The fourth-order valence-corrected chi connectivity index (χ4v) is 3.43. The van der Waals surface area contributed by atoms with Crippen molar-refractivity contribution in [3.8, 4) is 0 Å². The number of nitrogens with one attached hydrogen (secondary N) is 1. The molecule has 116 valence electrons. The molecule has 0 aromatic heterocycles. The second kappa shape index (κ2) is 6.10. The SMILES string of the molecule is Cc1cccc(C)c1NC(=O)c1ccc(Cl)c(S(C)(=O)=O)c1. The van der Waals surface area contributed by atoms with Gasteiger partial charge in [-0.2, -0.15) is 0 Å². The number of para-hydroxylation sites is 1. The van der Waals surface area contributed by atoms with Crippen molar-refractivity contribution in [1.82, 2.24) is 0 Å². The molecule has 6 heteroatoms. The Labute approximate surface area is 135 Å². The number of hydrogen-bond donors (Lipinski definition) is 1. The van der Waals surface area contributed by atoms with Crippen LogP contribution in [0, 0.1) is 13.8 Å². The Kier molecular flexibility index (Phi) is 4.58. The molecule has 0 bridgehead atoms. The van der Waals surface area contributed by atoms with Crippen LogP contribution in [0.2, 0.25) is 5.02 Å². The van der Waals surface area contributed by atoms with Crippen molar-refractivity contribution in [3.63, 3.8) is 0 Å². The summed E-state index contributed by atoms with van der Waals surface area (Å²) in [6.45, 7) is 3.79. The van der Waals surface area contributed by atoms with Crippen LogP contribution in [0.15, 0.2) is 41.3 Å². The van der Waals surface area contributed by atoms with E-state index in [0.29, 0.717) is 0 Å². The van der Waals surface area contributed by atoms with Gasteiger partial charge in [0.05, 0.1) is 9.92 Å². The largest absolute Gasteiger partial charge is 0.322 e. The second-order valence-corrected chi connectivity index (χ2v) is 7.53. The van der Waals surface area contributed by atoms with Gasteiger partial charge in [0, 0.05) is 17.5 Å². The molecule has 0 heterocycles. The van der Waals surface area contributed by atoms with Crippen LogP contribution in [0.25, 0.3) is 0 Å². The number of aryl methyl sites for hydroxylation is 2. The minimum absolute atomic E-state index is 0.0525. The van der Waals surface area contributed by atoms with Gasteiger partial charge < -0.3 is 5.32 Å². The van der Waals surface area contributed by atoms with Gasteiger partial charge in [0.2, 0.25) is 0 Å². The Morgan fingerprint density at radius 1 is 1.09 bits per heavy atom. The molecular weight excluding hydrogens is 322 g/mol. The van der Waals surface area contributed by atoms with E-state index in [4.69, 9.17) is 11.6 Å². The Morgan fingerprint density at radius 3 is 2.23 bits per heavy atom. The average Bonchev–Trinajstić information content (AvgIpc) is 2.42. The smallest absolute Gasteiger partial charge is 0.255 e. The Morgan fingerprint density at radius 2 is 1.68 bits per heavy atom. The van der Waals surface area contributed by atoms with Gasteiger partial charge in [0.15, 0.2) is 9.84 Å². The molecule has 2 aromatic carbocycles. The number of carbonyl (C=O) groups is 1. The molecular formula is C16H16ClNO3S. The summed E-state index contributed by atoms with van der Waals surface area (Å²) in [5.41, 5.74) is 2.84. The molecule has 4 nitrogen and oxygen atoms in total. The molecule has 0 radical (unpaired) electrons. The number of hydrogen-bond acceptors (Lipinski definition) is 3. The van der Waals surface area contributed by atoms with E-state index in [-0.39, 0.29) is 21.4 Å². The summed E-state index contributed by atoms with van der Waals surface area (Å²) in [5.74, 6) is -0.376. The molecule has 0 spiro atoms. The van der Waals surface area contributed by atoms with Crippen LogP contribution in [0.1, 0.15) is 21.5 Å². The highest BCUT2D eigenvalue weighted by molar-refractivity contribution is 7.90. The van der Waals surface area contributed by atoms with Crippen LogP contribution >= 0.6 is 11.6 Å². The number of anilines is 1. The maximum Gasteiger partial charge on any atom is 0.255 e. The summed E-state index contributed by atoms with van der Waals surface area (Å²) < 4.78 is 23.4. The van der Waals surface area contributed by atoms with Crippen molar-refractivity contribution in [3.05, 3.63) is 58.1 Å². The minimum atomic E-state index is -3.49. The van der Waals surface area contributed by atoms with Crippen molar-refractivity contribution in [1.29, 1.82) is 0 Å². The summed E-state index contributed by atoms with van der Waals surface area (Å²) >= 11 is 5.89. The van der Waals surface area contributed by atoms with Crippen molar-refractivity contribution in [2.24, 2.45) is 0 Å². The highest BCUT2D eigenvalue weighted by Crippen LogP contribution is 2.24. The Bertz CT molecular complexity index is 824. The number of sulfone groups is 1. The van der Waals surface area contributed by atoms with Crippen LogP contribution < -0.4 is 5.32 Å². The van der Waals surface area contributed by atoms with Gasteiger partial charge in [-0.15, -0.1) is 0 Å². The summed E-state index contributed by atoms with van der Waals surface area (Å²) in [4.78, 5) is 12.3. The molecule has 1 amide bonds. The molecule has 0 aliphatic heterocycles. The molecule has 22 heavy (non-hydrogen) atoms. The van der Waals surface area contributed by atoms with Crippen LogP contribution in [-0.2, 0) is 9.84 Å². The summed E-state index contributed by atoms with van der Waals surface area (Å²) in [7, 11) is -3.49. The number of benzene rings is 2. The highest BCUT2D eigenvalue weighted by Gasteiger charge is 2.16. The summed E-state index contributed by atoms with van der Waals surface area (Å²) in [6, 6.07) is 9.90. The molecule has 0 atom stereocenters. The summed E-state index contributed by atoms with van der Waals surface area (Å²) in [5, 5.41) is 2.92. The number of rotatable bonds is 3. The van der Waals surface area contributed by atoms with E-state index in [2.05, 4.69) is 5.32 Å². The van der Waals surface area contributed by atoms with Crippen LogP contribution in [0.4, 0.5) is 5.69 Å². The zero-order valence-electron chi connectivity index (χ0n) is 12.5. The van der Waals surface area contributed by atoms with Gasteiger partial charge in [-0.3, -0.25) is 4.79 Å². The molecule has 2 aromatic rings. The minimum Gasteiger partial charge on any atom is -0.322 e. The third-order valence-corrected chi connectivity index (χ3v) is 4.89. The van der Waals surface area contributed by atoms with Crippen molar-refractivity contribution in [2.75, 3.05) is 11.6 Å². The molecule has 0 aliphatic rings. The quantitative estimate of drug-likeness (QED) is 0.930. The Balaban J connectivity index is 2.39. The van der Waals surface area contributed by atoms with Gasteiger partial charge in [0.1, 0.15) is 0 Å². The summed E-state index contributed by atoms with van der Waals surface area (Å²) in [6.07, 6.45) is 1.06. The van der Waals surface area contributed by atoms with Crippen LogP contribution in [-0.4, -0.2) is 20.6 Å². The Hall–Kier alpha value is -1.85. The van der Waals surface area contributed by atoms with Gasteiger partial charge >= 0.3 is 0 Å². The zero-order valence-corrected chi connectivity index (χ0v) is 14.0. The lowest BCUT2D eigenvalue weighted by molar-refractivity contribution is 0.102. The van der Waals surface area contributed by atoms with E-state index in [1.807, 2.05) is 32.0 Å². The lowest BCUT2D eigenvalue weighted by Crippen LogP contribution is -2.14. The van der Waals surface area contributed by atoms with E-state index in [0.717, 1.165) is 23.1 Å². The fraction of sp³-hybridized carbons (Fsp3) is 0.188. The van der Waals surface area contributed by atoms with Crippen molar-refractivity contribution in [2.45, 2.75) is 18.7 Å². The van der Waals surface area contributed by atoms with Gasteiger partial charge in [-0.25, -0.2) is 8.42 Å². The number of carbonyl (C=O) groups excluding carboxylic acids is 1. The fourth-order valence-electron chi connectivity index (χ4n) is 2.13. The lowest BCUT2D eigenvalue weighted by Gasteiger charge is -2.12. The van der Waals surface area contributed by atoms with Crippen molar-refractivity contribution < 1.29 is 13.2 Å². The maximum absolute atomic E-state index is 12.4. The topological polar surface area (TPSA) is 63.2 Å². The molecule has 0 saturated carbocycles. The monoisotopic (exact) mass is 337 g/mol. The first-order valence-electron chi connectivity index (χ1n) is 6.57. The number of amides is 1. The van der Waals surface area contributed by atoms with Crippen LogP contribution in [0.3, 0.4) is 0 Å². The standard InChI is InChI=1S/C16H16ClNO3S/c1-10-5-4-6-11(2)15(10)18-16(19)12-7-8-13(17)14(9-12)22(3,20)21/h4-9H,1-3H3,(H,18,19). The molecule has 0 aliphatic carbocycles. The van der Waals surface area contributed by atoms with Crippen LogP contribution in [0.5, 0.6) is 0 Å². The van der Waals surface area contributed by atoms with Gasteiger partial charge in [-0.05, 0) is 43.2 Å². The predicted molar refractivity (Wildman–Crippen MR) is 88.4 cm³/mol. The number of halogens is 1. The normalized spacial score (nSPS) is 11.3. The highest BCUT2D eigenvalue weighted by atomic mass is 35.5. The molecule has 2 rings (SSSR count). The van der Waals surface area contributed by atoms with E-state index in [9.17, 15) is 13.2 Å². The first-order chi connectivity index (χ1) is 10.2. The maximum atomic E-state index is 12.4. The van der Waals surface area contributed by atoms with Crippen molar-refractivity contribution >= 4 is 33.0 Å². The van der Waals surface area contributed by atoms with E-state index in [1.165, 1.54) is 18.2 Å².